The Morgan fingerprint density at radius 2 is 1.86 bits per heavy atom. The maximum atomic E-state index is 12.3. The van der Waals surface area contributed by atoms with Crippen molar-refractivity contribution in [3.8, 4) is 0 Å². The molecule has 114 valence electrons. The van der Waals surface area contributed by atoms with Gasteiger partial charge in [-0.2, -0.15) is 0 Å². The molecule has 1 amide bonds. The Hall–Kier alpha value is -1.65. The summed E-state index contributed by atoms with van der Waals surface area (Å²) in [7, 11) is 0. The molecule has 0 spiro atoms. The smallest absolute Gasteiger partial charge is 0.238 e. The average Bonchev–Trinajstić information content (AvgIpc) is 2.98. The van der Waals surface area contributed by atoms with Gasteiger partial charge in [0, 0.05) is 10.5 Å². The molecule has 1 aliphatic rings. The van der Waals surface area contributed by atoms with E-state index in [4.69, 9.17) is 0 Å². The van der Waals surface area contributed by atoms with Crippen molar-refractivity contribution in [1.29, 1.82) is 0 Å². The predicted octanol–water partition coefficient (Wildman–Crippen LogP) is 4.22. The summed E-state index contributed by atoms with van der Waals surface area (Å²) in [6.45, 7) is 1.41. The minimum Gasteiger partial charge on any atom is -0.324 e. The van der Waals surface area contributed by atoms with Gasteiger partial charge in [0.2, 0.25) is 5.91 Å². The summed E-state index contributed by atoms with van der Waals surface area (Å²) in [5.74, 6) is 0.0368. The number of amides is 1. The van der Waals surface area contributed by atoms with Crippen LogP contribution < -0.4 is 5.32 Å². The summed E-state index contributed by atoms with van der Waals surface area (Å²) in [6.07, 6.45) is 2.26. The summed E-state index contributed by atoms with van der Waals surface area (Å²) in [4.78, 5) is 14.6. The molecule has 2 aromatic carbocycles. The highest BCUT2D eigenvalue weighted by Crippen LogP contribution is 2.31. The van der Waals surface area contributed by atoms with Crippen LogP contribution in [0.15, 0.2) is 59.1 Å². The van der Waals surface area contributed by atoms with Crippen molar-refractivity contribution in [1.82, 2.24) is 4.90 Å². The first-order chi connectivity index (χ1) is 10.7. The Labute approximate surface area is 139 Å². The maximum absolute atomic E-state index is 12.3. The fourth-order valence-corrected chi connectivity index (χ4v) is 3.39. The van der Waals surface area contributed by atoms with Gasteiger partial charge in [-0.3, -0.25) is 9.69 Å². The van der Waals surface area contributed by atoms with E-state index in [1.807, 2.05) is 30.3 Å². The van der Waals surface area contributed by atoms with Crippen LogP contribution in [0.4, 0.5) is 5.69 Å². The Morgan fingerprint density at radius 3 is 2.64 bits per heavy atom. The molecule has 1 fully saturated rings. The predicted molar refractivity (Wildman–Crippen MR) is 92.8 cm³/mol. The zero-order valence-electron chi connectivity index (χ0n) is 12.3. The topological polar surface area (TPSA) is 32.3 Å². The number of halogens is 1. The number of anilines is 1. The number of hydrogen-bond donors (Lipinski definition) is 1. The van der Waals surface area contributed by atoms with E-state index in [2.05, 4.69) is 50.4 Å². The van der Waals surface area contributed by atoms with Crippen LogP contribution in [0, 0.1) is 0 Å². The Kier molecular flexibility index (Phi) is 4.90. The first-order valence-electron chi connectivity index (χ1n) is 7.57. The van der Waals surface area contributed by atoms with E-state index in [-0.39, 0.29) is 5.91 Å². The van der Waals surface area contributed by atoms with E-state index in [0.29, 0.717) is 12.6 Å². The molecular weight excluding hydrogens is 340 g/mol. The average molecular weight is 359 g/mol. The second kappa shape index (κ2) is 7.07. The number of carbonyl (C=O) groups is 1. The number of nitrogens with zero attached hydrogens (tertiary/aromatic N) is 1. The molecule has 1 aliphatic heterocycles. The highest BCUT2D eigenvalue weighted by Gasteiger charge is 2.27. The molecular formula is C18H19BrN2O. The summed E-state index contributed by atoms with van der Waals surface area (Å²) < 4.78 is 0.907. The Morgan fingerprint density at radius 1 is 1.14 bits per heavy atom. The van der Waals surface area contributed by atoms with Gasteiger partial charge in [0.15, 0.2) is 0 Å². The monoisotopic (exact) mass is 358 g/mol. The third kappa shape index (κ3) is 3.57. The molecule has 1 unspecified atom stereocenters. The van der Waals surface area contributed by atoms with Crippen molar-refractivity contribution in [3.05, 3.63) is 64.6 Å². The van der Waals surface area contributed by atoms with Crippen molar-refractivity contribution in [2.45, 2.75) is 18.9 Å². The largest absolute Gasteiger partial charge is 0.324 e. The third-order valence-corrected chi connectivity index (χ3v) is 4.73. The third-order valence-electron chi connectivity index (χ3n) is 4.04. The summed E-state index contributed by atoms with van der Waals surface area (Å²) in [5, 5.41) is 2.98. The van der Waals surface area contributed by atoms with Crippen molar-refractivity contribution < 1.29 is 4.79 Å². The molecule has 1 heterocycles. The molecule has 1 atom stereocenters. The molecule has 0 aliphatic carbocycles. The second-order valence-electron chi connectivity index (χ2n) is 5.57. The normalized spacial score (nSPS) is 18.3. The SMILES string of the molecule is O=C(CN1CCCC1c1ccccc1)Nc1ccccc1Br. The van der Waals surface area contributed by atoms with Crippen LogP contribution in [0.1, 0.15) is 24.4 Å². The molecule has 0 aromatic heterocycles. The Balaban J connectivity index is 1.65. The highest BCUT2D eigenvalue weighted by atomic mass is 79.9. The minimum atomic E-state index is 0.0368. The lowest BCUT2D eigenvalue weighted by molar-refractivity contribution is -0.117. The van der Waals surface area contributed by atoms with Gasteiger partial charge in [-0.05, 0) is 53.0 Å². The van der Waals surface area contributed by atoms with Crippen LogP contribution in [0.5, 0.6) is 0 Å². The Bertz CT molecular complexity index is 645. The lowest BCUT2D eigenvalue weighted by Crippen LogP contribution is -2.33. The summed E-state index contributed by atoms with van der Waals surface area (Å²) in [5.41, 5.74) is 2.12. The second-order valence-corrected chi connectivity index (χ2v) is 6.42. The van der Waals surface area contributed by atoms with Crippen molar-refractivity contribution >= 4 is 27.5 Å². The van der Waals surface area contributed by atoms with E-state index >= 15 is 0 Å². The quantitative estimate of drug-likeness (QED) is 0.886. The van der Waals surface area contributed by atoms with E-state index in [1.165, 1.54) is 5.56 Å². The number of carbonyl (C=O) groups excluding carboxylic acids is 1. The molecule has 22 heavy (non-hydrogen) atoms. The number of likely N-dealkylation sites (tertiary alicyclic amines) is 1. The van der Waals surface area contributed by atoms with Crippen LogP contribution >= 0.6 is 15.9 Å². The minimum absolute atomic E-state index is 0.0368. The molecule has 1 saturated heterocycles. The van der Waals surface area contributed by atoms with Gasteiger partial charge < -0.3 is 5.32 Å². The maximum Gasteiger partial charge on any atom is 0.238 e. The molecule has 3 rings (SSSR count). The molecule has 1 N–H and O–H groups in total. The standard InChI is InChI=1S/C18H19BrN2O/c19-15-9-4-5-10-16(15)20-18(22)13-21-12-6-11-17(21)14-7-2-1-3-8-14/h1-5,7-10,17H,6,11-13H2,(H,20,22). The van der Waals surface area contributed by atoms with Crippen LogP contribution in [-0.4, -0.2) is 23.9 Å². The van der Waals surface area contributed by atoms with Gasteiger partial charge in [0.1, 0.15) is 0 Å². The van der Waals surface area contributed by atoms with Crippen LogP contribution in [0.2, 0.25) is 0 Å². The van der Waals surface area contributed by atoms with Gasteiger partial charge in [-0.25, -0.2) is 0 Å². The molecule has 0 saturated carbocycles. The molecule has 0 radical (unpaired) electrons. The van der Waals surface area contributed by atoms with Crippen molar-refractivity contribution in [2.24, 2.45) is 0 Å². The lowest BCUT2D eigenvalue weighted by atomic mass is 10.0. The number of benzene rings is 2. The summed E-state index contributed by atoms with van der Waals surface area (Å²) >= 11 is 3.46. The van der Waals surface area contributed by atoms with Crippen LogP contribution in [0.25, 0.3) is 0 Å². The molecule has 4 heteroatoms. The zero-order chi connectivity index (χ0) is 15.4. The molecule has 3 nitrogen and oxygen atoms in total. The number of rotatable bonds is 4. The zero-order valence-corrected chi connectivity index (χ0v) is 13.9. The van der Waals surface area contributed by atoms with E-state index < -0.39 is 0 Å². The van der Waals surface area contributed by atoms with Gasteiger partial charge in [-0.1, -0.05) is 42.5 Å². The van der Waals surface area contributed by atoms with Crippen molar-refractivity contribution in [3.63, 3.8) is 0 Å². The van der Waals surface area contributed by atoms with Gasteiger partial charge >= 0.3 is 0 Å². The van der Waals surface area contributed by atoms with E-state index in [0.717, 1.165) is 29.5 Å². The lowest BCUT2D eigenvalue weighted by Gasteiger charge is -2.24. The number of para-hydroxylation sites is 1. The first-order valence-corrected chi connectivity index (χ1v) is 8.37. The molecule has 0 bridgehead atoms. The summed E-state index contributed by atoms with van der Waals surface area (Å²) in [6, 6.07) is 18.5. The van der Waals surface area contributed by atoms with E-state index in [1.54, 1.807) is 0 Å². The number of nitrogens with one attached hydrogen (secondary N) is 1. The molecule has 2 aromatic rings. The van der Waals surface area contributed by atoms with Crippen LogP contribution in [0.3, 0.4) is 0 Å². The van der Waals surface area contributed by atoms with Gasteiger partial charge in [0.25, 0.3) is 0 Å². The van der Waals surface area contributed by atoms with Gasteiger partial charge in [0.05, 0.1) is 12.2 Å². The fourth-order valence-electron chi connectivity index (χ4n) is 3.00. The first kappa shape index (κ1) is 15.3. The van der Waals surface area contributed by atoms with E-state index in [9.17, 15) is 4.79 Å². The fraction of sp³-hybridized carbons (Fsp3) is 0.278. The van der Waals surface area contributed by atoms with Crippen LogP contribution in [-0.2, 0) is 4.79 Å². The van der Waals surface area contributed by atoms with Gasteiger partial charge in [-0.15, -0.1) is 0 Å². The highest BCUT2D eigenvalue weighted by molar-refractivity contribution is 9.10. The van der Waals surface area contributed by atoms with Crippen molar-refractivity contribution in [2.75, 3.05) is 18.4 Å². The number of hydrogen-bond acceptors (Lipinski definition) is 2.